The number of piperazine rings is 1. The predicted octanol–water partition coefficient (Wildman–Crippen LogP) is 2.05. The molecule has 5 heteroatoms. The summed E-state index contributed by atoms with van der Waals surface area (Å²) in [6.07, 6.45) is 3.46. The van der Waals surface area contributed by atoms with Crippen molar-refractivity contribution in [1.29, 1.82) is 0 Å². The van der Waals surface area contributed by atoms with Crippen molar-refractivity contribution < 1.29 is 14.6 Å². The minimum atomic E-state index is 0.0273. The molecule has 3 rings (SSSR count). The van der Waals surface area contributed by atoms with Crippen molar-refractivity contribution >= 4 is 0 Å². The first-order chi connectivity index (χ1) is 11.3. The molecule has 2 heterocycles. The van der Waals surface area contributed by atoms with Crippen LogP contribution in [-0.2, 0) is 16.0 Å². The van der Waals surface area contributed by atoms with Gasteiger partial charge in [0.2, 0.25) is 0 Å². The van der Waals surface area contributed by atoms with E-state index in [4.69, 9.17) is 9.47 Å². The molecular formula is C18H28N2O3. The van der Waals surface area contributed by atoms with Crippen LogP contribution in [0.5, 0.6) is 5.75 Å². The zero-order chi connectivity index (χ0) is 15.9. The van der Waals surface area contributed by atoms with Gasteiger partial charge in [-0.15, -0.1) is 0 Å². The summed E-state index contributed by atoms with van der Waals surface area (Å²) in [4.78, 5) is 4.93. The molecule has 0 spiro atoms. The third-order valence-electron chi connectivity index (χ3n) is 4.66. The van der Waals surface area contributed by atoms with Crippen molar-refractivity contribution in [1.82, 2.24) is 9.80 Å². The summed E-state index contributed by atoms with van der Waals surface area (Å²) in [7, 11) is 0. The lowest BCUT2D eigenvalue weighted by Crippen LogP contribution is -2.47. The first-order valence-electron chi connectivity index (χ1n) is 8.75. The van der Waals surface area contributed by atoms with Crippen LogP contribution in [0.2, 0.25) is 0 Å². The minimum Gasteiger partial charge on any atom is -0.508 e. The number of hydrogen-bond donors (Lipinski definition) is 1. The Morgan fingerprint density at radius 3 is 2.48 bits per heavy atom. The lowest BCUT2D eigenvalue weighted by Gasteiger charge is -2.35. The van der Waals surface area contributed by atoms with E-state index in [9.17, 15) is 5.11 Å². The molecule has 1 atom stereocenters. The first kappa shape index (κ1) is 16.7. The average molecular weight is 320 g/mol. The topological polar surface area (TPSA) is 45.2 Å². The number of nitrogens with zero attached hydrogens (tertiary/aromatic N) is 2. The smallest absolute Gasteiger partial charge is 0.157 e. The van der Waals surface area contributed by atoms with Gasteiger partial charge in [-0.25, -0.2) is 0 Å². The van der Waals surface area contributed by atoms with Crippen LogP contribution in [0.25, 0.3) is 0 Å². The highest BCUT2D eigenvalue weighted by molar-refractivity contribution is 5.25. The number of benzene rings is 1. The molecule has 0 bridgehead atoms. The number of ether oxygens (including phenoxy) is 2. The molecule has 0 radical (unpaired) electrons. The van der Waals surface area contributed by atoms with Crippen molar-refractivity contribution in [3.05, 3.63) is 29.8 Å². The Kier molecular flexibility index (Phi) is 6.28. The van der Waals surface area contributed by atoms with E-state index in [1.54, 1.807) is 12.1 Å². The zero-order valence-corrected chi connectivity index (χ0v) is 13.8. The predicted molar refractivity (Wildman–Crippen MR) is 89.4 cm³/mol. The van der Waals surface area contributed by atoms with Gasteiger partial charge in [0.1, 0.15) is 5.75 Å². The molecule has 1 unspecified atom stereocenters. The van der Waals surface area contributed by atoms with Gasteiger partial charge in [-0.05, 0) is 37.0 Å². The highest BCUT2D eigenvalue weighted by Crippen LogP contribution is 2.15. The molecule has 0 saturated carbocycles. The third kappa shape index (κ3) is 5.46. The first-order valence-corrected chi connectivity index (χ1v) is 8.75. The van der Waals surface area contributed by atoms with Gasteiger partial charge >= 0.3 is 0 Å². The number of hydrogen-bond acceptors (Lipinski definition) is 5. The molecule has 0 aliphatic carbocycles. The molecule has 1 N–H and O–H groups in total. The van der Waals surface area contributed by atoms with Crippen LogP contribution in [0.4, 0.5) is 0 Å². The van der Waals surface area contributed by atoms with Gasteiger partial charge in [0.25, 0.3) is 0 Å². The minimum absolute atomic E-state index is 0.0273. The van der Waals surface area contributed by atoms with Gasteiger partial charge in [-0.2, -0.15) is 0 Å². The molecule has 0 amide bonds. The van der Waals surface area contributed by atoms with E-state index in [2.05, 4.69) is 9.80 Å². The molecule has 1 aromatic carbocycles. The maximum absolute atomic E-state index is 9.33. The van der Waals surface area contributed by atoms with Crippen LogP contribution in [-0.4, -0.2) is 67.1 Å². The maximum atomic E-state index is 9.33. The molecule has 5 nitrogen and oxygen atoms in total. The molecule has 2 fully saturated rings. The van der Waals surface area contributed by atoms with E-state index in [1.807, 2.05) is 12.1 Å². The van der Waals surface area contributed by atoms with Gasteiger partial charge in [-0.1, -0.05) is 12.1 Å². The fourth-order valence-corrected chi connectivity index (χ4v) is 3.19. The number of aromatic hydroxyl groups is 1. The summed E-state index contributed by atoms with van der Waals surface area (Å²) in [5, 5.41) is 9.33. The Bertz CT molecular complexity index is 452. The normalized spacial score (nSPS) is 23.9. The SMILES string of the molecule is Oc1ccc(CN2CCN(CCOC3CCCCO3)CC2)cc1. The van der Waals surface area contributed by atoms with Crippen molar-refractivity contribution in [2.24, 2.45) is 0 Å². The van der Waals surface area contributed by atoms with Crippen LogP contribution < -0.4 is 0 Å². The Hall–Kier alpha value is -1.14. The van der Waals surface area contributed by atoms with E-state index < -0.39 is 0 Å². The van der Waals surface area contributed by atoms with Crippen LogP contribution >= 0.6 is 0 Å². The lowest BCUT2D eigenvalue weighted by molar-refractivity contribution is -0.164. The Morgan fingerprint density at radius 1 is 1.04 bits per heavy atom. The molecule has 0 aromatic heterocycles. The molecule has 1 aromatic rings. The van der Waals surface area contributed by atoms with Crippen LogP contribution in [0.15, 0.2) is 24.3 Å². The van der Waals surface area contributed by atoms with Gasteiger partial charge in [0.15, 0.2) is 6.29 Å². The quantitative estimate of drug-likeness (QED) is 0.869. The third-order valence-corrected chi connectivity index (χ3v) is 4.66. The Morgan fingerprint density at radius 2 is 1.78 bits per heavy atom. The second kappa shape index (κ2) is 8.64. The van der Waals surface area contributed by atoms with Gasteiger partial charge in [0.05, 0.1) is 6.61 Å². The number of rotatable bonds is 6. The molecule has 2 saturated heterocycles. The summed E-state index contributed by atoms with van der Waals surface area (Å²) in [5.74, 6) is 0.334. The van der Waals surface area contributed by atoms with Crippen LogP contribution in [0.1, 0.15) is 24.8 Å². The summed E-state index contributed by atoms with van der Waals surface area (Å²) >= 11 is 0. The molecular weight excluding hydrogens is 292 g/mol. The van der Waals surface area contributed by atoms with Crippen LogP contribution in [0, 0.1) is 0 Å². The maximum Gasteiger partial charge on any atom is 0.157 e. The van der Waals surface area contributed by atoms with Crippen LogP contribution in [0.3, 0.4) is 0 Å². The molecule has 23 heavy (non-hydrogen) atoms. The molecule has 2 aliphatic heterocycles. The Balaban J connectivity index is 1.31. The van der Waals surface area contributed by atoms with Gasteiger partial charge in [0, 0.05) is 45.9 Å². The fourth-order valence-electron chi connectivity index (χ4n) is 3.19. The van der Waals surface area contributed by atoms with E-state index in [0.29, 0.717) is 5.75 Å². The summed E-state index contributed by atoms with van der Waals surface area (Å²) in [6.45, 7) is 7.91. The second-order valence-corrected chi connectivity index (χ2v) is 6.45. The van der Waals surface area contributed by atoms with Crippen molar-refractivity contribution in [3.63, 3.8) is 0 Å². The fraction of sp³-hybridized carbons (Fsp3) is 0.667. The highest BCUT2D eigenvalue weighted by Gasteiger charge is 2.18. The van der Waals surface area contributed by atoms with Crippen molar-refractivity contribution in [3.8, 4) is 5.75 Å². The number of phenolic OH excluding ortho intramolecular Hbond substituents is 1. The van der Waals surface area contributed by atoms with Gasteiger partial charge < -0.3 is 14.6 Å². The van der Waals surface area contributed by atoms with Crippen molar-refractivity contribution in [2.45, 2.75) is 32.1 Å². The average Bonchev–Trinajstić information content (AvgIpc) is 2.59. The van der Waals surface area contributed by atoms with Crippen molar-refractivity contribution in [2.75, 3.05) is 45.9 Å². The highest BCUT2D eigenvalue weighted by atomic mass is 16.7. The summed E-state index contributed by atoms with van der Waals surface area (Å²) in [6, 6.07) is 7.52. The van der Waals surface area contributed by atoms with E-state index in [1.165, 1.54) is 18.4 Å². The standard InChI is InChI=1S/C18H28N2O3/c21-17-6-4-16(5-7-17)15-20-10-8-19(9-11-20)12-14-23-18-3-1-2-13-22-18/h4-7,18,21H,1-3,8-15H2. The summed E-state index contributed by atoms with van der Waals surface area (Å²) < 4.78 is 11.4. The monoisotopic (exact) mass is 320 g/mol. The van der Waals surface area contributed by atoms with E-state index in [-0.39, 0.29) is 6.29 Å². The lowest BCUT2D eigenvalue weighted by atomic mass is 10.2. The largest absolute Gasteiger partial charge is 0.508 e. The van der Waals surface area contributed by atoms with Gasteiger partial charge in [-0.3, -0.25) is 9.80 Å². The van der Waals surface area contributed by atoms with E-state index in [0.717, 1.165) is 58.9 Å². The molecule has 128 valence electrons. The zero-order valence-electron chi connectivity index (χ0n) is 13.8. The Labute approximate surface area is 138 Å². The molecule has 2 aliphatic rings. The summed E-state index contributed by atoms with van der Waals surface area (Å²) in [5.41, 5.74) is 1.26. The van der Waals surface area contributed by atoms with E-state index >= 15 is 0 Å². The number of phenols is 1. The second-order valence-electron chi connectivity index (χ2n) is 6.45.